The monoisotopic (exact) mass is 302 g/mol. The van der Waals surface area contributed by atoms with E-state index >= 15 is 0 Å². The summed E-state index contributed by atoms with van der Waals surface area (Å²) in [7, 11) is -2.64. The summed E-state index contributed by atoms with van der Waals surface area (Å²) in [5.74, 6) is -1.95. The number of hydrogen-bond acceptors (Lipinski definition) is 5. The number of ether oxygens (including phenoxy) is 1. The first kappa shape index (κ1) is 15.9. The molecule has 0 aliphatic rings. The van der Waals surface area contributed by atoms with Gasteiger partial charge in [-0.2, -0.15) is 4.72 Å². The van der Waals surface area contributed by atoms with Gasteiger partial charge in [-0.15, -0.1) is 0 Å². The van der Waals surface area contributed by atoms with Crippen molar-refractivity contribution in [2.45, 2.75) is 17.4 Å². The molecule has 0 unspecified atom stereocenters. The molecule has 0 bridgehead atoms. The summed E-state index contributed by atoms with van der Waals surface area (Å²) in [5, 5.41) is 8.86. The Morgan fingerprint density at radius 2 is 1.90 bits per heavy atom. The number of rotatable bonds is 7. The molecule has 1 aromatic carbocycles. The van der Waals surface area contributed by atoms with E-state index in [2.05, 4.69) is 0 Å². The third-order valence-corrected chi connectivity index (χ3v) is 3.86. The van der Waals surface area contributed by atoms with Crippen molar-refractivity contribution in [2.75, 3.05) is 7.11 Å². The molecule has 0 aromatic heterocycles. The van der Waals surface area contributed by atoms with Crippen LogP contribution in [-0.2, 0) is 19.6 Å². The van der Waals surface area contributed by atoms with Gasteiger partial charge in [0, 0.05) is 0 Å². The zero-order valence-corrected chi connectivity index (χ0v) is 11.4. The molecule has 0 fully saturated rings. The molecule has 1 aromatic rings. The van der Waals surface area contributed by atoms with Crippen molar-refractivity contribution in [1.82, 2.24) is 4.72 Å². The normalized spacial score (nSPS) is 12.7. The maximum atomic E-state index is 12.0. The molecule has 0 saturated carbocycles. The number of carboxylic acids is 1. The van der Waals surface area contributed by atoms with Crippen LogP contribution in [0, 0.1) is 0 Å². The Morgan fingerprint density at radius 1 is 1.35 bits per heavy atom. The highest BCUT2D eigenvalue weighted by Crippen LogP contribution is 2.15. The predicted molar refractivity (Wildman–Crippen MR) is 68.6 cm³/mol. The van der Waals surface area contributed by atoms with E-state index in [1.54, 1.807) is 0 Å². The second-order valence-corrected chi connectivity index (χ2v) is 5.57. The van der Waals surface area contributed by atoms with E-state index < -0.39 is 34.4 Å². The van der Waals surface area contributed by atoms with Gasteiger partial charge in [0.15, 0.2) is 0 Å². The Hall–Kier alpha value is -2.13. The number of primary amides is 1. The lowest BCUT2D eigenvalue weighted by Crippen LogP contribution is -2.43. The second kappa shape index (κ2) is 6.35. The number of carbonyl (C=O) groups excluding carboxylic acids is 1. The van der Waals surface area contributed by atoms with Crippen LogP contribution in [0.25, 0.3) is 0 Å². The molecule has 1 amide bonds. The maximum Gasteiger partial charge on any atom is 0.322 e. The van der Waals surface area contributed by atoms with Crippen molar-refractivity contribution >= 4 is 21.9 Å². The number of benzene rings is 1. The second-order valence-electron chi connectivity index (χ2n) is 3.86. The van der Waals surface area contributed by atoms with Crippen LogP contribution < -0.4 is 15.2 Å². The number of aliphatic carboxylic acids is 1. The summed E-state index contributed by atoms with van der Waals surface area (Å²) in [6, 6.07) is 3.73. The van der Waals surface area contributed by atoms with Crippen molar-refractivity contribution < 1.29 is 27.9 Å². The molecular weight excluding hydrogens is 288 g/mol. The molecule has 1 rings (SSSR count). The Balaban J connectivity index is 2.96. The van der Waals surface area contributed by atoms with Crippen molar-refractivity contribution in [1.29, 1.82) is 0 Å². The SMILES string of the molecule is COc1ccc(S(=O)(=O)N[C@H](CC(N)=O)C(=O)O)cc1. The lowest BCUT2D eigenvalue weighted by molar-refractivity contribution is -0.140. The minimum atomic E-state index is -4.07. The summed E-state index contributed by atoms with van der Waals surface area (Å²) in [4.78, 5) is 21.5. The summed E-state index contributed by atoms with van der Waals surface area (Å²) >= 11 is 0. The number of methoxy groups -OCH3 is 1. The van der Waals surface area contributed by atoms with Gasteiger partial charge in [0.05, 0.1) is 18.4 Å². The zero-order valence-electron chi connectivity index (χ0n) is 10.6. The Labute approximate surface area is 115 Å². The number of carbonyl (C=O) groups is 2. The van der Waals surface area contributed by atoms with Crippen LogP contribution in [0.3, 0.4) is 0 Å². The van der Waals surface area contributed by atoms with Crippen LogP contribution in [0.15, 0.2) is 29.2 Å². The minimum Gasteiger partial charge on any atom is -0.497 e. The Morgan fingerprint density at radius 3 is 2.30 bits per heavy atom. The van der Waals surface area contributed by atoms with Gasteiger partial charge in [-0.1, -0.05) is 0 Å². The van der Waals surface area contributed by atoms with Gasteiger partial charge in [0.1, 0.15) is 11.8 Å². The number of nitrogens with one attached hydrogen (secondary N) is 1. The fourth-order valence-electron chi connectivity index (χ4n) is 1.39. The van der Waals surface area contributed by atoms with Gasteiger partial charge in [0.25, 0.3) is 0 Å². The molecule has 4 N–H and O–H groups in total. The van der Waals surface area contributed by atoms with Gasteiger partial charge in [-0.25, -0.2) is 8.42 Å². The maximum absolute atomic E-state index is 12.0. The van der Waals surface area contributed by atoms with Crippen LogP contribution in [0.2, 0.25) is 0 Å². The van der Waals surface area contributed by atoms with Crippen molar-refractivity contribution in [3.63, 3.8) is 0 Å². The molecule has 110 valence electrons. The van der Waals surface area contributed by atoms with Gasteiger partial charge >= 0.3 is 5.97 Å². The quantitative estimate of drug-likeness (QED) is 0.609. The average Bonchev–Trinajstić information content (AvgIpc) is 2.37. The highest BCUT2D eigenvalue weighted by atomic mass is 32.2. The van der Waals surface area contributed by atoms with Crippen molar-refractivity contribution in [3.05, 3.63) is 24.3 Å². The first-order chi connectivity index (χ1) is 9.26. The van der Waals surface area contributed by atoms with Crippen LogP contribution in [-0.4, -0.2) is 38.6 Å². The lowest BCUT2D eigenvalue weighted by atomic mass is 10.2. The van der Waals surface area contributed by atoms with Crippen molar-refractivity contribution in [2.24, 2.45) is 5.73 Å². The van der Waals surface area contributed by atoms with Crippen molar-refractivity contribution in [3.8, 4) is 5.75 Å². The number of sulfonamides is 1. The smallest absolute Gasteiger partial charge is 0.322 e. The van der Waals surface area contributed by atoms with Gasteiger partial charge in [-0.3, -0.25) is 9.59 Å². The number of carboxylic acid groups (broad SMARTS) is 1. The lowest BCUT2D eigenvalue weighted by Gasteiger charge is -2.13. The molecule has 1 atom stereocenters. The first-order valence-corrected chi connectivity index (χ1v) is 6.92. The van der Waals surface area contributed by atoms with Gasteiger partial charge < -0.3 is 15.6 Å². The summed E-state index contributed by atoms with van der Waals surface area (Å²) in [5.41, 5.74) is 4.87. The van der Waals surface area contributed by atoms with Gasteiger partial charge in [-0.05, 0) is 24.3 Å². The number of amides is 1. The summed E-state index contributed by atoms with van der Waals surface area (Å²) in [6.07, 6.45) is -0.634. The number of hydrogen-bond donors (Lipinski definition) is 3. The van der Waals surface area contributed by atoms with E-state index in [4.69, 9.17) is 15.6 Å². The van der Waals surface area contributed by atoms with E-state index in [1.807, 2.05) is 4.72 Å². The molecule has 0 spiro atoms. The van der Waals surface area contributed by atoms with E-state index in [-0.39, 0.29) is 4.90 Å². The highest BCUT2D eigenvalue weighted by Gasteiger charge is 2.26. The van der Waals surface area contributed by atoms with Crippen LogP contribution >= 0.6 is 0 Å². The molecule has 9 heteroatoms. The predicted octanol–water partition coefficient (Wildman–Crippen LogP) is -0.698. The van der Waals surface area contributed by atoms with E-state index in [1.165, 1.54) is 31.4 Å². The van der Waals surface area contributed by atoms with Crippen LogP contribution in [0.4, 0.5) is 0 Å². The molecule has 0 radical (unpaired) electrons. The third-order valence-electron chi connectivity index (χ3n) is 2.37. The topological polar surface area (TPSA) is 136 Å². The van der Waals surface area contributed by atoms with Crippen LogP contribution in [0.5, 0.6) is 5.75 Å². The molecule has 8 nitrogen and oxygen atoms in total. The number of nitrogens with two attached hydrogens (primary N) is 1. The zero-order chi connectivity index (χ0) is 15.3. The van der Waals surface area contributed by atoms with Gasteiger partial charge in [0.2, 0.25) is 15.9 Å². The molecule has 0 aliphatic carbocycles. The fourth-order valence-corrected chi connectivity index (χ4v) is 2.58. The average molecular weight is 302 g/mol. The molecular formula is C11H14N2O6S. The standard InChI is InChI=1S/C11H14N2O6S/c1-19-7-2-4-8(5-3-7)20(17,18)13-9(11(15)16)6-10(12)14/h2-5,9,13H,6H2,1H3,(H2,12,14)(H,15,16)/t9-/m1/s1. The molecule has 0 heterocycles. The molecule has 20 heavy (non-hydrogen) atoms. The van der Waals surface area contributed by atoms with E-state index in [0.29, 0.717) is 5.75 Å². The molecule has 0 aliphatic heterocycles. The minimum absolute atomic E-state index is 0.144. The summed E-state index contributed by atoms with van der Waals surface area (Å²) in [6.45, 7) is 0. The molecule has 0 saturated heterocycles. The Bertz CT molecular complexity index is 596. The third kappa shape index (κ3) is 4.21. The van der Waals surface area contributed by atoms with Crippen LogP contribution in [0.1, 0.15) is 6.42 Å². The fraction of sp³-hybridized carbons (Fsp3) is 0.273. The summed E-state index contributed by atoms with van der Waals surface area (Å²) < 4.78 is 30.7. The van der Waals surface area contributed by atoms with E-state index in [9.17, 15) is 18.0 Å². The highest BCUT2D eigenvalue weighted by molar-refractivity contribution is 7.89. The van der Waals surface area contributed by atoms with E-state index in [0.717, 1.165) is 0 Å². The first-order valence-electron chi connectivity index (χ1n) is 5.44. The Kier molecular flexibility index (Phi) is 5.06. The largest absolute Gasteiger partial charge is 0.497 e.